The Morgan fingerprint density at radius 1 is 0.962 bits per heavy atom. The Morgan fingerprint density at radius 2 is 1.73 bits per heavy atom. The van der Waals surface area contributed by atoms with Crippen molar-refractivity contribution < 1.29 is 4.74 Å². The summed E-state index contributed by atoms with van der Waals surface area (Å²) in [7, 11) is 0. The van der Waals surface area contributed by atoms with Gasteiger partial charge >= 0.3 is 0 Å². The van der Waals surface area contributed by atoms with Gasteiger partial charge in [-0.05, 0) is 61.1 Å². The van der Waals surface area contributed by atoms with E-state index in [2.05, 4.69) is 35.6 Å². The van der Waals surface area contributed by atoms with Crippen LogP contribution in [0.1, 0.15) is 50.5 Å². The van der Waals surface area contributed by atoms with Crippen LogP contribution in [0.5, 0.6) is 5.75 Å². The van der Waals surface area contributed by atoms with E-state index in [0.717, 1.165) is 48.4 Å². The normalized spacial score (nSPS) is 15.0. The van der Waals surface area contributed by atoms with Crippen molar-refractivity contribution in [2.45, 2.75) is 51.4 Å². The van der Waals surface area contributed by atoms with Crippen LogP contribution in [0.15, 0.2) is 48.5 Å². The van der Waals surface area contributed by atoms with E-state index >= 15 is 0 Å². The van der Waals surface area contributed by atoms with Crippen LogP contribution in [-0.2, 0) is 6.42 Å². The van der Waals surface area contributed by atoms with Gasteiger partial charge in [-0.3, -0.25) is 0 Å². The number of hydrogen-bond donors (Lipinski definition) is 1. The van der Waals surface area contributed by atoms with Crippen LogP contribution < -0.4 is 10.1 Å². The predicted molar refractivity (Wildman–Crippen MR) is 111 cm³/mol. The van der Waals surface area contributed by atoms with Gasteiger partial charge in [0.2, 0.25) is 0 Å². The molecule has 0 unspecified atom stereocenters. The van der Waals surface area contributed by atoms with Gasteiger partial charge in [0, 0.05) is 17.3 Å². The third-order valence-corrected chi connectivity index (χ3v) is 5.65. The average molecular weight is 372 g/mol. The van der Waals surface area contributed by atoms with Crippen LogP contribution in [0.4, 0.5) is 5.69 Å². The fraction of sp³-hybridized carbons (Fsp3) is 0.478. The Kier molecular flexibility index (Phi) is 7.69. The molecule has 1 fully saturated rings. The average Bonchev–Trinajstić information content (AvgIpc) is 2.68. The zero-order valence-electron chi connectivity index (χ0n) is 15.6. The minimum absolute atomic E-state index is 0.843. The summed E-state index contributed by atoms with van der Waals surface area (Å²) in [6.45, 7) is 1.78. The standard InChI is InChI=1S/C23H30ClNO/c24-23-11-5-4-9-20(23)10-6-17-25-21-12-14-22(15-13-21)26-18-16-19-7-2-1-3-8-19/h4-5,9,11-15,19,25H,1-3,6-8,10,16-18H2. The van der Waals surface area contributed by atoms with Crippen molar-refractivity contribution in [2.75, 3.05) is 18.5 Å². The molecule has 1 N–H and O–H groups in total. The first kappa shape index (κ1) is 19.1. The molecule has 0 radical (unpaired) electrons. The number of hydrogen-bond acceptors (Lipinski definition) is 2. The molecule has 140 valence electrons. The van der Waals surface area contributed by atoms with E-state index in [1.807, 2.05) is 18.2 Å². The summed E-state index contributed by atoms with van der Waals surface area (Å²) in [5, 5.41) is 4.33. The molecular weight excluding hydrogens is 342 g/mol. The van der Waals surface area contributed by atoms with Crippen LogP contribution in [0.2, 0.25) is 5.02 Å². The van der Waals surface area contributed by atoms with E-state index < -0.39 is 0 Å². The molecule has 0 amide bonds. The summed E-state index contributed by atoms with van der Waals surface area (Å²) in [5.41, 5.74) is 2.36. The van der Waals surface area contributed by atoms with Gasteiger partial charge in [0.15, 0.2) is 0 Å². The number of anilines is 1. The molecule has 2 nitrogen and oxygen atoms in total. The highest BCUT2D eigenvalue weighted by atomic mass is 35.5. The molecule has 3 heteroatoms. The molecule has 3 rings (SSSR count). The summed E-state index contributed by atoms with van der Waals surface area (Å²) in [4.78, 5) is 0. The van der Waals surface area contributed by atoms with Gasteiger partial charge in [-0.2, -0.15) is 0 Å². The largest absolute Gasteiger partial charge is 0.494 e. The predicted octanol–water partition coefficient (Wildman–Crippen LogP) is 6.73. The van der Waals surface area contributed by atoms with Crippen LogP contribution in [0, 0.1) is 5.92 Å². The highest BCUT2D eigenvalue weighted by Gasteiger charge is 2.13. The SMILES string of the molecule is Clc1ccccc1CCCNc1ccc(OCCC2CCCCC2)cc1. The summed E-state index contributed by atoms with van der Waals surface area (Å²) in [6.07, 6.45) is 10.3. The lowest BCUT2D eigenvalue weighted by molar-refractivity contribution is 0.246. The van der Waals surface area contributed by atoms with Gasteiger partial charge in [-0.25, -0.2) is 0 Å². The lowest BCUT2D eigenvalue weighted by Gasteiger charge is -2.21. The molecule has 0 spiro atoms. The van der Waals surface area contributed by atoms with E-state index in [1.54, 1.807) is 0 Å². The summed E-state index contributed by atoms with van der Waals surface area (Å²) in [6, 6.07) is 16.4. The molecule has 0 aromatic heterocycles. The fourth-order valence-electron chi connectivity index (χ4n) is 3.70. The highest BCUT2D eigenvalue weighted by molar-refractivity contribution is 6.31. The summed E-state index contributed by atoms with van der Waals surface area (Å²) in [5.74, 6) is 1.85. The van der Waals surface area contributed by atoms with Gasteiger partial charge in [-0.15, -0.1) is 0 Å². The molecule has 2 aromatic carbocycles. The highest BCUT2D eigenvalue weighted by Crippen LogP contribution is 2.26. The Bertz CT molecular complexity index is 650. The van der Waals surface area contributed by atoms with E-state index in [4.69, 9.17) is 16.3 Å². The van der Waals surface area contributed by atoms with Crippen LogP contribution in [-0.4, -0.2) is 13.2 Å². The van der Waals surface area contributed by atoms with E-state index in [0.29, 0.717) is 0 Å². The zero-order valence-corrected chi connectivity index (χ0v) is 16.3. The second kappa shape index (κ2) is 10.5. The maximum absolute atomic E-state index is 6.19. The number of halogens is 1. The summed E-state index contributed by atoms with van der Waals surface area (Å²) < 4.78 is 5.92. The molecule has 0 aliphatic heterocycles. The Balaban J connectivity index is 1.33. The second-order valence-corrected chi connectivity index (χ2v) is 7.69. The van der Waals surface area contributed by atoms with Crippen molar-refractivity contribution >= 4 is 17.3 Å². The fourth-order valence-corrected chi connectivity index (χ4v) is 3.93. The topological polar surface area (TPSA) is 21.3 Å². The third-order valence-electron chi connectivity index (χ3n) is 5.28. The monoisotopic (exact) mass is 371 g/mol. The second-order valence-electron chi connectivity index (χ2n) is 7.29. The van der Waals surface area contributed by atoms with Crippen molar-refractivity contribution in [3.8, 4) is 5.75 Å². The molecule has 0 heterocycles. The molecule has 0 atom stereocenters. The minimum Gasteiger partial charge on any atom is -0.494 e. The lowest BCUT2D eigenvalue weighted by Crippen LogP contribution is -2.10. The van der Waals surface area contributed by atoms with Crippen molar-refractivity contribution in [3.05, 3.63) is 59.1 Å². The number of ether oxygens (including phenoxy) is 1. The van der Waals surface area contributed by atoms with Gasteiger partial charge in [0.05, 0.1) is 6.61 Å². The maximum Gasteiger partial charge on any atom is 0.119 e. The Hall–Kier alpha value is -1.67. The first-order valence-electron chi connectivity index (χ1n) is 10.0. The summed E-state index contributed by atoms with van der Waals surface area (Å²) >= 11 is 6.19. The first-order valence-corrected chi connectivity index (χ1v) is 10.4. The number of benzene rings is 2. The van der Waals surface area contributed by atoms with Crippen LogP contribution >= 0.6 is 11.6 Å². The van der Waals surface area contributed by atoms with E-state index in [-0.39, 0.29) is 0 Å². The van der Waals surface area contributed by atoms with Gasteiger partial charge in [0.1, 0.15) is 5.75 Å². The molecule has 2 aromatic rings. The first-order chi connectivity index (χ1) is 12.8. The molecule has 1 aliphatic rings. The van der Waals surface area contributed by atoms with Gasteiger partial charge in [-0.1, -0.05) is 61.9 Å². The molecule has 1 saturated carbocycles. The molecule has 1 aliphatic carbocycles. The van der Waals surface area contributed by atoms with Gasteiger partial charge < -0.3 is 10.1 Å². The smallest absolute Gasteiger partial charge is 0.119 e. The number of aryl methyl sites for hydroxylation is 1. The van der Waals surface area contributed by atoms with Crippen molar-refractivity contribution in [3.63, 3.8) is 0 Å². The molecule has 0 saturated heterocycles. The maximum atomic E-state index is 6.19. The van der Waals surface area contributed by atoms with Crippen molar-refractivity contribution in [2.24, 2.45) is 5.92 Å². The third kappa shape index (κ3) is 6.25. The van der Waals surface area contributed by atoms with Gasteiger partial charge in [0.25, 0.3) is 0 Å². The molecule has 0 bridgehead atoms. The van der Waals surface area contributed by atoms with Crippen molar-refractivity contribution in [1.29, 1.82) is 0 Å². The Labute approximate surface area is 162 Å². The molecular formula is C23H30ClNO. The van der Waals surface area contributed by atoms with E-state index in [1.165, 1.54) is 44.1 Å². The zero-order chi connectivity index (χ0) is 18.0. The number of rotatable bonds is 9. The lowest BCUT2D eigenvalue weighted by atomic mass is 9.87. The van der Waals surface area contributed by atoms with Crippen LogP contribution in [0.25, 0.3) is 0 Å². The van der Waals surface area contributed by atoms with E-state index in [9.17, 15) is 0 Å². The molecule has 26 heavy (non-hydrogen) atoms. The van der Waals surface area contributed by atoms with Crippen LogP contribution in [0.3, 0.4) is 0 Å². The minimum atomic E-state index is 0.843. The van der Waals surface area contributed by atoms with Crippen molar-refractivity contribution in [1.82, 2.24) is 0 Å². The Morgan fingerprint density at radius 3 is 2.50 bits per heavy atom. The number of nitrogens with one attached hydrogen (secondary N) is 1. The quantitative estimate of drug-likeness (QED) is 0.493.